The number of nitrogens with one attached hydrogen (secondary N) is 1. The van der Waals surface area contributed by atoms with Gasteiger partial charge in [0.1, 0.15) is 6.29 Å². The van der Waals surface area contributed by atoms with Crippen molar-refractivity contribution >= 4 is 17.9 Å². The second-order valence-electron chi connectivity index (χ2n) is 4.61. The van der Waals surface area contributed by atoms with Crippen molar-refractivity contribution in [2.24, 2.45) is 11.7 Å². The van der Waals surface area contributed by atoms with Gasteiger partial charge in [-0.1, -0.05) is 32.0 Å². The molecule has 0 bridgehead atoms. The van der Waals surface area contributed by atoms with E-state index in [1.54, 1.807) is 7.05 Å². The second kappa shape index (κ2) is 10.9. The van der Waals surface area contributed by atoms with Crippen LogP contribution in [0, 0.1) is 5.92 Å². The van der Waals surface area contributed by atoms with Gasteiger partial charge in [0, 0.05) is 25.2 Å². The lowest BCUT2D eigenvalue weighted by Gasteiger charge is -2.14. The predicted molar refractivity (Wildman–Crippen MR) is 87.1 cm³/mol. The third kappa shape index (κ3) is 6.90. The second-order valence-corrected chi connectivity index (χ2v) is 4.61. The number of likely N-dealkylation sites (N-methyl/N-ethyl adjacent to an activating group) is 1. The lowest BCUT2D eigenvalue weighted by atomic mass is 10.1. The quantitative estimate of drug-likeness (QED) is 0.833. The van der Waals surface area contributed by atoms with Crippen LogP contribution >= 0.6 is 0 Å². The monoisotopic (exact) mass is 293 g/mol. The van der Waals surface area contributed by atoms with Crippen molar-refractivity contribution in [3.05, 3.63) is 30.3 Å². The first-order chi connectivity index (χ1) is 10.1. The van der Waals surface area contributed by atoms with Crippen molar-refractivity contribution in [2.75, 3.05) is 26.0 Å². The fourth-order valence-corrected chi connectivity index (χ4v) is 2.08. The largest absolute Gasteiger partial charge is 0.388 e. The molecular weight excluding hydrogens is 266 g/mol. The molecule has 5 heteroatoms. The molecular formula is C16H27N3O2. The van der Waals surface area contributed by atoms with E-state index in [0.29, 0.717) is 13.0 Å². The molecule has 0 aliphatic carbocycles. The first-order valence-electron chi connectivity index (χ1n) is 7.26. The van der Waals surface area contributed by atoms with Gasteiger partial charge in [-0.3, -0.25) is 9.69 Å². The lowest BCUT2D eigenvalue weighted by Crippen LogP contribution is -2.37. The average Bonchev–Trinajstić information content (AvgIpc) is 2.92. The third-order valence-corrected chi connectivity index (χ3v) is 3.16. The molecule has 0 aromatic heterocycles. The number of hydrogen-bond acceptors (Lipinski definition) is 4. The summed E-state index contributed by atoms with van der Waals surface area (Å²) in [5.74, 6) is -0.352. The molecule has 1 heterocycles. The van der Waals surface area contributed by atoms with E-state index >= 15 is 0 Å². The van der Waals surface area contributed by atoms with Crippen LogP contribution in [0.2, 0.25) is 0 Å². The fraction of sp³-hybridized carbons (Fsp3) is 0.500. The highest BCUT2D eigenvalue weighted by atomic mass is 16.1. The first kappa shape index (κ1) is 19.1. The van der Waals surface area contributed by atoms with E-state index in [1.165, 1.54) is 0 Å². The van der Waals surface area contributed by atoms with Gasteiger partial charge in [0.05, 0.1) is 6.04 Å². The number of carbonyl (C=O) groups excluding carboxylic acids is 2. The summed E-state index contributed by atoms with van der Waals surface area (Å²) in [5.41, 5.74) is 6.27. The molecule has 1 fully saturated rings. The van der Waals surface area contributed by atoms with Crippen molar-refractivity contribution in [2.45, 2.75) is 26.3 Å². The SMILES string of the molecule is CC.CN1CC(C=O)CC1C(N)=O.CNc1ccccc1. The normalized spacial score (nSPS) is 20.4. The van der Waals surface area contributed by atoms with E-state index in [-0.39, 0.29) is 17.9 Å². The molecule has 1 aliphatic heterocycles. The maximum absolute atomic E-state index is 10.7. The molecule has 1 aliphatic rings. The Morgan fingerprint density at radius 1 is 1.33 bits per heavy atom. The minimum Gasteiger partial charge on any atom is -0.388 e. The number of nitrogens with zero attached hydrogens (tertiary/aromatic N) is 1. The van der Waals surface area contributed by atoms with Gasteiger partial charge in [-0.15, -0.1) is 0 Å². The van der Waals surface area contributed by atoms with Crippen LogP contribution in [-0.4, -0.2) is 43.8 Å². The Balaban J connectivity index is 0.000000354. The highest BCUT2D eigenvalue weighted by molar-refractivity contribution is 5.81. The average molecular weight is 293 g/mol. The first-order valence-corrected chi connectivity index (χ1v) is 7.26. The van der Waals surface area contributed by atoms with Crippen molar-refractivity contribution in [1.29, 1.82) is 0 Å². The van der Waals surface area contributed by atoms with E-state index < -0.39 is 0 Å². The molecule has 1 aromatic carbocycles. The Morgan fingerprint density at radius 2 is 1.90 bits per heavy atom. The molecule has 1 amide bonds. The Labute approximate surface area is 127 Å². The number of benzene rings is 1. The van der Waals surface area contributed by atoms with Crippen molar-refractivity contribution in [1.82, 2.24) is 4.90 Å². The zero-order valence-corrected chi connectivity index (χ0v) is 13.4. The van der Waals surface area contributed by atoms with Gasteiger partial charge in [0.25, 0.3) is 0 Å². The van der Waals surface area contributed by atoms with Crippen LogP contribution in [0.5, 0.6) is 0 Å². The summed E-state index contributed by atoms with van der Waals surface area (Å²) in [6.07, 6.45) is 1.47. The van der Waals surface area contributed by atoms with Crippen LogP contribution in [0.1, 0.15) is 20.3 Å². The summed E-state index contributed by atoms with van der Waals surface area (Å²) >= 11 is 0. The van der Waals surface area contributed by atoms with E-state index in [4.69, 9.17) is 5.73 Å². The minimum absolute atomic E-state index is 0.0162. The van der Waals surface area contributed by atoms with Crippen LogP contribution < -0.4 is 11.1 Å². The predicted octanol–water partition coefficient (Wildman–Crippen LogP) is 1.75. The zero-order valence-electron chi connectivity index (χ0n) is 13.4. The summed E-state index contributed by atoms with van der Waals surface area (Å²) < 4.78 is 0. The van der Waals surface area contributed by atoms with E-state index in [2.05, 4.69) is 5.32 Å². The Morgan fingerprint density at radius 3 is 2.19 bits per heavy atom. The molecule has 3 N–H and O–H groups in total. The molecule has 5 nitrogen and oxygen atoms in total. The topological polar surface area (TPSA) is 75.4 Å². The number of hydrogen-bond donors (Lipinski definition) is 2. The smallest absolute Gasteiger partial charge is 0.234 e. The molecule has 118 valence electrons. The number of aldehydes is 1. The maximum atomic E-state index is 10.7. The van der Waals surface area contributed by atoms with Gasteiger partial charge >= 0.3 is 0 Å². The number of primary amides is 1. The van der Waals surface area contributed by atoms with Crippen molar-refractivity contribution < 1.29 is 9.59 Å². The van der Waals surface area contributed by atoms with Crippen LogP contribution in [-0.2, 0) is 9.59 Å². The Bertz CT molecular complexity index is 409. The van der Waals surface area contributed by atoms with E-state index in [1.807, 2.05) is 56.1 Å². The maximum Gasteiger partial charge on any atom is 0.234 e. The van der Waals surface area contributed by atoms with Gasteiger partial charge in [0.15, 0.2) is 0 Å². The van der Waals surface area contributed by atoms with Crippen molar-refractivity contribution in [3.8, 4) is 0 Å². The minimum atomic E-state index is -0.336. The molecule has 1 aromatic rings. The van der Waals surface area contributed by atoms with Crippen LogP contribution in [0.4, 0.5) is 5.69 Å². The van der Waals surface area contributed by atoms with Crippen molar-refractivity contribution in [3.63, 3.8) is 0 Å². The molecule has 0 radical (unpaired) electrons. The summed E-state index contributed by atoms with van der Waals surface area (Å²) in [6.45, 7) is 4.65. The number of rotatable bonds is 3. The van der Waals surface area contributed by atoms with Gasteiger partial charge in [-0.2, -0.15) is 0 Å². The zero-order chi connectivity index (χ0) is 16.3. The summed E-state index contributed by atoms with van der Waals surface area (Å²) in [6, 6.07) is 9.82. The van der Waals surface area contributed by atoms with Gasteiger partial charge < -0.3 is 15.8 Å². The molecule has 0 saturated carbocycles. The molecule has 2 atom stereocenters. The number of anilines is 1. The van der Waals surface area contributed by atoms with E-state index in [0.717, 1.165) is 12.0 Å². The molecule has 1 saturated heterocycles. The molecule has 2 rings (SSSR count). The standard InChI is InChI=1S/C7H12N2O2.C7H9N.C2H6/c1-9-3-5(4-10)2-6(9)7(8)11;1-8-7-5-3-2-4-6-7;1-2/h4-6H,2-3H2,1H3,(H2,8,11);2-6,8H,1H3;1-2H3. The number of nitrogens with two attached hydrogens (primary N) is 1. The van der Waals surface area contributed by atoms with E-state index in [9.17, 15) is 9.59 Å². The number of amides is 1. The highest BCUT2D eigenvalue weighted by Gasteiger charge is 2.32. The summed E-state index contributed by atoms with van der Waals surface area (Å²) in [7, 11) is 3.72. The Kier molecular flexibility index (Phi) is 9.88. The van der Waals surface area contributed by atoms with Gasteiger partial charge in [0.2, 0.25) is 5.91 Å². The molecule has 2 unspecified atom stereocenters. The summed E-state index contributed by atoms with van der Waals surface area (Å²) in [5, 5.41) is 3.03. The highest BCUT2D eigenvalue weighted by Crippen LogP contribution is 2.18. The van der Waals surface area contributed by atoms with Crippen LogP contribution in [0.15, 0.2) is 30.3 Å². The van der Waals surface area contributed by atoms with Gasteiger partial charge in [-0.05, 0) is 25.6 Å². The van der Waals surface area contributed by atoms with Crippen LogP contribution in [0.3, 0.4) is 0 Å². The number of likely N-dealkylation sites (tertiary alicyclic amines) is 1. The fourth-order valence-electron chi connectivity index (χ4n) is 2.08. The summed E-state index contributed by atoms with van der Waals surface area (Å²) in [4.78, 5) is 22.9. The Hall–Kier alpha value is -1.88. The van der Waals surface area contributed by atoms with Gasteiger partial charge in [-0.25, -0.2) is 0 Å². The number of para-hydroxylation sites is 1. The lowest BCUT2D eigenvalue weighted by molar-refractivity contribution is -0.121. The number of carbonyl (C=O) groups is 2. The third-order valence-electron chi connectivity index (χ3n) is 3.16. The van der Waals surface area contributed by atoms with Crippen LogP contribution in [0.25, 0.3) is 0 Å². The molecule has 21 heavy (non-hydrogen) atoms. The molecule has 0 spiro atoms.